The number of fused-ring (bicyclic) bond motifs is 5. The second-order valence-corrected chi connectivity index (χ2v) is 14.8. The molecule has 4 aromatic rings. The van der Waals surface area contributed by atoms with E-state index in [1.165, 1.54) is 0 Å². The Balaban J connectivity index is 1.30. The average molecular weight is 662 g/mol. The van der Waals surface area contributed by atoms with Crippen LogP contribution in [0.5, 0.6) is 5.75 Å². The largest absolute Gasteiger partial charge is 0.507 e. The fourth-order valence-electron chi connectivity index (χ4n) is 10.5. The zero-order valence-electron chi connectivity index (χ0n) is 27.8. The highest BCUT2D eigenvalue weighted by Crippen LogP contribution is 2.64. The third-order valence-corrected chi connectivity index (χ3v) is 12.6. The number of carbonyl (C=O) groups excluding carboxylic acids is 4. The van der Waals surface area contributed by atoms with Crippen molar-refractivity contribution >= 4 is 39.7 Å². The van der Waals surface area contributed by atoms with Gasteiger partial charge in [0.05, 0.1) is 17.3 Å². The van der Waals surface area contributed by atoms with Gasteiger partial charge in [-0.25, -0.2) is 0 Å². The quantitative estimate of drug-likeness (QED) is 0.179. The number of phenols is 1. The Bertz CT molecular complexity index is 2130. The van der Waals surface area contributed by atoms with Crippen molar-refractivity contribution < 1.29 is 24.3 Å². The van der Waals surface area contributed by atoms with Crippen molar-refractivity contribution in [2.45, 2.75) is 62.3 Å². The molecule has 6 heteroatoms. The van der Waals surface area contributed by atoms with E-state index in [0.29, 0.717) is 29.4 Å². The molecule has 9 rings (SSSR count). The van der Waals surface area contributed by atoms with Crippen LogP contribution in [0.15, 0.2) is 115 Å². The maximum absolute atomic E-state index is 15.3. The van der Waals surface area contributed by atoms with E-state index < -0.39 is 35.0 Å². The molecule has 0 aromatic heterocycles. The lowest BCUT2D eigenvalue weighted by Gasteiger charge is -2.55. The normalized spacial score (nSPS) is 29.7. The maximum atomic E-state index is 15.3. The van der Waals surface area contributed by atoms with Gasteiger partial charge in [0.2, 0.25) is 11.8 Å². The number of imide groups is 1. The highest BCUT2D eigenvalue weighted by molar-refractivity contribution is 6.31. The van der Waals surface area contributed by atoms with Gasteiger partial charge in [-0.3, -0.25) is 24.1 Å². The molecule has 250 valence electrons. The second-order valence-electron chi connectivity index (χ2n) is 14.8. The summed E-state index contributed by atoms with van der Waals surface area (Å²) in [4.78, 5) is 60.8. The molecule has 0 radical (unpaired) electrons. The number of amides is 2. The standard InChI is InChI=1S/C44H39NO5/c46-37-23-22-31(29-18-10-11-19-30(29)37)40-32-20-21-33-39(43(50)45(42(33)49)28-16-8-3-9-17-28)35(32)24-36-41(48)34(26-12-4-1-5-13-26)25-38(47)44(36,40)27-14-6-2-7-15-27/h1-2,4-7,10-15,18-20,22-23,25,28,33,35-36,39-40,46H,3,8-9,16-17,21,24H2. The Morgan fingerprint density at radius 1 is 0.700 bits per heavy atom. The maximum Gasteiger partial charge on any atom is 0.233 e. The number of likely N-dealkylation sites (tertiary alicyclic amines) is 1. The molecule has 4 aliphatic carbocycles. The van der Waals surface area contributed by atoms with Crippen LogP contribution < -0.4 is 0 Å². The summed E-state index contributed by atoms with van der Waals surface area (Å²) in [5.74, 6) is -3.18. The number of ketones is 2. The van der Waals surface area contributed by atoms with Crippen LogP contribution in [0.2, 0.25) is 0 Å². The Kier molecular flexibility index (Phi) is 7.27. The Morgan fingerprint density at radius 2 is 1.38 bits per heavy atom. The van der Waals surface area contributed by atoms with Crippen LogP contribution in [-0.4, -0.2) is 39.4 Å². The molecule has 6 atom stereocenters. The molecule has 2 amide bonds. The van der Waals surface area contributed by atoms with Crippen molar-refractivity contribution in [3.05, 3.63) is 131 Å². The van der Waals surface area contributed by atoms with E-state index in [1.807, 2.05) is 91.0 Å². The van der Waals surface area contributed by atoms with Gasteiger partial charge in [-0.2, -0.15) is 0 Å². The topological polar surface area (TPSA) is 91.8 Å². The SMILES string of the molecule is O=C1C(c2ccccc2)=CC(=O)C2(c3ccccc3)C1CC1C(=CCC3C(=O)N(C4CCCCC4)C(=O)C31)C2c1ccc(O)c2ccccc12. The number of nitrogens with zero attached hydrogens (tertiary/aromatic N) is 1. The summed E-state index contributed by atoms with van der Waals surface area (Å²) >= 11 is 0. The molecular formula is C44H39NO5. The van der Waals surface area contributed by atoms with Gasteiger partial charge in [-0.15, -0.1) is 0 Å². The van der Waals surface area contributed by atoms with Crippen LogP contribution >= 0.6 is 0 Å². The van der Waals surface area contributed by atoms with Gasteiger partial charge < -0.3 is 5.11 Å². The van der Waals surface area contributed by atoms with Crippen molar-refractivity contribution in [1.29, 1.82) is 0 Å². The van der Waals surface area contributed by atoms with Gasteiger partial charge in [-0.1, -0.05) is 122 Å². The summed E-state index contributed by atoms with van der Waals surface area (Å²) in [6.07, 6.45) is 9.19. The number of carbonyl (C=O) groups is 4. The number of benzene rings is 4. The number of hydrogen-bond acceptors (Lipinski definition) is 5. The summed E-state index contributed by atoms with van der Waals surface area (Å²) in [6.45, 7) is 0. The van der Waals surface area contributed by atoms with Crippen LogP contribution in [-0.2, 0) is 24.6 Å². The molecule has 1 heterocycles. The monoisotopic (exact) mass is 661 g/mol. The minimum Gasteiger partial charge on any atom is -0.507 e. The van der Waals surface area contributed by atoms with E-state index in [0.717, 1.165) is 54.2 Å². The molecule has 6 nitrogen and oxygen atoms in total. The van der Waals surface area contributed by atoms with Crippen molar-refractivity contribution in [3.8, 4) is 5.75 Å². The van der Waals surface area contributed by atoms with Crippen molar-refractivity contribution in [2.24, 2.45) is 23.7 Å². The predicted octanol–water partition coefficient (Wildman–Crippen LogP) is 7.70. The summed E-state index contributed by atoms with van der Waals surface area (Å²) < 4.78 is 0. The van der Waals surface area contributed by atoms with E-state index in [-0.39, 0.29) is 35.2 Å². The Morgan fingerprint density at radius 3 is 2.12 bits per heavy atom. The average Bonchev–Trinajstić information content (AvgIpc) is 3.42. The zero-order chi connectivity index (χ0) is 34.1. The van der Waals surface area contributed by atoms with E-state index in [4.69, 9.17) is 0 Å². The number of phenolic OH excluding ortho intramolecular Hbond substituents is 1. The summed E-state index contributed by atoms with van der Waals surface area (Å²) in [6, 6.07) is 30.1. The van der Waals surface area contributed by atoms with Crippen LogP contribution in [0.1, 0.15) is 67.6 Å². The van der Waals surface area contributed by atoms with E-state index in [9.17, 15) is 14.7 Å². The zero-order valence-corrected chi connectivity index (χ0v) is 27.8. The minimum atomic E-state index is -1.31. The van der Waals surface area contributed by atoms with Crippen molar-refractivity contribution in [1.82, 2.24) is 4.90 Å². The molecule has 2 saturated carbocycles. The molecule has 0 bridgehead atoms. The van der Waals surface area contributed by atoms with Crippen molar-refractivity contribution in [3.63, 3.8) is 0 Å². The molecule has 3 fully saturated rings. The first-order chi connectivity index (χ1) is 24.4. The first kappa shape index (κ1) is 30.9. The van der Waals surface area contributed by atoms with Gasteiger partial charge in [0.25, 0.3) is 0 Å². The highest BCUT2D eigenvalue weighted by atomic mass is 16.3. The van der Waals surface area contributed by atoms with Gasteiger partial charge in [0, 0.05) is 28.8 Å². The summed E-state index contributed by atoms with van der Waals surface area (Å²) in [5, 5.41) is 12.5. The first-order valence-electron chi connectivity index (χ1n) is 18.1. The van der Waals surface area contributed by atoms with Crippen LogP contribution in [0, 0.1) is 23.7 Å². The molecule has 4 aromatic carbocycles. The van der Waals surface area contributed by atoms with Gasteiger partial charge in [0.1, 0.15) is 5.75 Å². The smallest absolute Gasteiger partial charge is 0.233 e. The lowest BCUT2D eigenvalue weighted by Crippen LogP contribution is -2.59. The predicted molar refractivity (Wildman–Crippen MR) is 191 cm³/mol. The Labute approximate surface area is 291 Å². The molecular weight excluding hydrogens is 622 g/mol. The molecule has 0 spiro atoms. The van der Waals surface area contributed by atoms with Crippen LogP contribution in [0.3, 0.4) is 0 Å². The summed E-state index contributed by atoms with van der Waals surface area (Å²) in [7, 11) is 0. The van der Waals surface area contributed by atoms with Crippen LogP contribution in [0.4, 0.5) is 0 Å². The fraction of sp³-hybridized carbons (Fsp3) is 0.318. The number of allylic oxidation sites excluding steroid dienone is 4. The number of rotatable bonds is 4. The second kappa shape index (κ2) is 11.8. The van der Waals surface area contributed by atoms with Gasteiger partial charge >= 0.3 is 0 Å². The lowest BCUT2D eigenvalue weighted by atomic mass is 9.44. The number of aromatic hydroxyl groups is 1. The highest BCUT2D eigenvalue weighted by Gasteiger charge is 2.66. The molecule has 5 aliphatic rings. The number of Topliss-reactive ketones (excluding diaryl/α,β-unsaturated/α-hetero) is 1. The third-order valence-electron chi connectivity index (χ3n) is 12.6. The van der Waals surface area contributed by atoms with Gasteiger partial charge in [-0.05, 0) is 65.8 Å². The van der Waals surface area contributed by atoms with E-state index in [1.54, 1.807) is 17.0 Å². The van der Waals surface area contributed by atoms with Crippen molar-refractivity contribution in [2.75, 3.05) is 0 Å². The van der Waals surface area contributed by atoms with E-state index >= 15 is 9.59 Å². The molecule has 1 saturated heterocycles. The molecule has 1 N–H and O–H groups in total. The fourth-order valence-corrected chi connectivity index (χ4v) is 10.5. The number of hydrogen-bond donors (Lipinski definition) is 1. The minimum absolute atomic E-state index is 0.0767. The molecule has 6 unspecified atom stereocenters. The Hall–Kier alpha value is -5.10. The third kappa shape index (κ3) is 4.33. The van der Waals surface area contributed by atoms with Crippen LogP contribution in [0.25, 0.3) is 16.3 Å². The summed E-state index contributed by atoms with van der Waals surface area (Å²) in [5.41, 5.74) is 2.32. The van der Waals surface area contributed by atoms with E-state index in [2.05, 4.69) is 6.08 Å². The lowest BCUT2D eigenvalue weighted by molar-refractivity contribution is -0.144. The first-order valence-corrected chi connectivity index (χ1v) is 18.1. The molecule has 50 heavy (non-hydrogen) atoms. The molecule has 1 aliphatic heterocycles. The van der Waals surface area contributed by atoms with Gasteiger partial charge in [0.15, 0.2) is 11.6 Å².